The SMILES string of the molecule is CCN(c1cc(C(=O)Nc2ccc(F)c(F)c2)ccc1F)S(=O)(=O)C1CC1. The van der Waals surface area contributed by atoms with Gasteiger partial charge in [-0.2, -0.15) is 0 Å². The third-order valence-electron chi connectivity index (χ3n) is 4.19. The maximum atomic E-state index is 14.3. The molecule has 2 aromatic rings. The van der Waals surface area contributed by atoms with E-state index in [9.17, 15) is 26.4 Å². The van der Waals surface area contributed by atoms with Crippen molar-refractivity contribution in [2.24, 2.45) is 0 Å². The number of carbonyl (C=O) groups excluding carboxylic acids is 1. The quantitative estimate of drug-likeness (QED) is 0.807. The highest BCUT2D eigenvalue weighted by Crippen LogP contribution is 2.34. The van der Waals surface area contributed by atoms with Crippen LogP contribution < -0.4 is 9.62 Å². The number of carbonyl (C=O) groups is 1. The van der Waals surface area contributed by atoms with Crippen LogP contribution in [0.3, 0.4) is 0 Å². The normalized spacial score (nSPS) is 14.1. The second-order valence-electron chi connectivity index (χ2n) is 6.16. The third kappa shape index (κ3) is 3.92. The fraction of sp³-hybridized carbons (Fsp3) is 0.278. The van der Waals surface area contributed by atoms with E-state index < -0.39 is 38.6 Å². The van der Waals surface area contributed by atoms with E-state index in [4.69, 9.17) is 0 Å². The first-order valence-corrected chi connectivity index (χ1v) is 9.82. The Morgan fingerprint density at radius 3 is 2.33 bits per heavy atom. The van der Waals surface area contributed by atoms with Crippen molar-refractivity contribution in [1.29, 1.82) is 0 Å². The maximum Gasteiger partial charge on any atom is 0.255 e. The second kappa shape index (κ2) is 7.22. The van der Waals surface area contributed by atoms with E-state index in [1.54, 1.807) is 6.92 Å². The summed E-state index contributed by atoms with van der Waals surface area (Å²) in [5, 5.41) is 1.84. The molecule has 9 heteroatoms. The molecule has 0 spiro atoms. The molecule has 0 unspecified atom stereocenters. The van der Waals surface area contributed by atoms with Crippen LogP contribution in [0.4, 0.5) is 24.5 Å². The number of benzene rings is 2. The smallest absolute Gasteiger partial charge is 0.255 e. The molecular formula is C18H17F3N2O3S. The van der Waals surface area contributed by atoms with Gasteiger partial charge in [-0.05, 0) is 50.1 Å². The molecule has 1 aliphatic rings. The molecule has 2 aromatic carbocycles. The van der Waals surface area contributed by atoms with Gasteiger partial charge in [-0.1, -0.05) is 0 Å². The first-order chi connectivity index (χ1) is 12.7. The fourth-order valence-electron chi connectivity index (χ4n) is 2.66. The monoisotopic (exact) mass is 398 g/mol. The largest absolute Gasteiger partial charge is 0.322 e. The zero-order chi connectivity index (χ0) is 19.8. The average molecular weight is 398 g/mol. The Morgan fingerprint density at radius 2 is 1.74 bits per heavy atom. The Hall–Kier alpha value is -2.55. The second-order valence-corrected chi connectivity index (χ2v) is 8.30. The van der Waals surface area contributed by atoms with Gasteiger partial charge in [-0.25, -0.2) is 21.6 Å². The third-order valence-corrected chi connectivity index (χ3v) is 6.58. The molecule has 3 rings (SSSR count). The van der Waals surface area contributed by atoms with Gasteiger partial charge in [0, 0.05) is 23.9 Å². The minimum atomic E-state index is -3.69. The molecule has 1 aliphatic carbocycles. The van der Waals surface area contributed by atoms with Gasteiger partial charge in [0.15, 0.2) is 11.6 Å². The summed E-state index contributed by atoms with van der Waals surface area (Å²) < 4.78 is 66.5. The summed E-state index contributed by atoms with van der Waals surface area (Å²) in [6.07, 6.45) is 1.05. The van der Waals surface area contributed by atoms with Crippen molar-refractivity contribution < 1.29 is 26.4 Å². The fourth-order valence-corrected chi connectivity index (χ4v) is 4.52. The van der Waals surface area contributed by atoms with E-state index in [1.165, 1.54) is 12.1 Å². The highest BCUT2D eigenvalue weighted by molar-refractivity contribution is 7.93. The molecule has 1 fully saturated rings. The van der Waals surface area contributed by atoms with Gasteiger partial charge >= 0.3 is 0 Å². The van der Waals surface area contributed by atoms with Crippen LogP contribution in [0.25, 0.3) is 0 Å². The Morgan fingerprint density at radius 1 is 1.07 bits per heavy atom. The lowest BCUT2D eigenvalue weighted by Crippen LogP contribution is -2.34. The van der Waals surface area contributed by atoms with Crippen LogP contribution in [-0.2, 0) is 10.0 Å². The van der Waals surface area contributed by atoms with Gasteiger partial charge in [0.05, 0.1) is 10.9 Å². The van der Waals surface area contributed by atoms with E-state index in [0.717, 1.165) is 28.6 Å². The van der Waals surface area contributed by atoms with E-state index >= 15 is 0 Å². The summed E-state index contributed by atoms with van der Waals surface area (Å²) in [4.78, 5) is 12.4. The van der Waals surface area contributed by atoms with Crippen molar-refractivity contribution in [3.8, 4) is 0 Å². The predicted molar refractivity (Wildman–Crippen MR) is 95.7 cm³/mol. The van der Waals surface area contributed by atoms with Crippen molar-refractivity contribution in [2.75, 3.05) is 16.2 Å². The lowest BCUT2D eigenvalue weighted by Gasteiger charge is -2.23. The molecule has 144 valence electrons. The number of anilines is 2. The van der Waals surface area contributed by atoms with Crippen LogP contribution in [0, 0.1) is 17.5 Å². The lowest BCUT2D eigenvalue weighted by molar-refractivity contribution is 0.102. The Labute approximate surface area is 154 Å². The molecule has 0 heterocycles. The summed E-state index contributed by atoms with van der Waals surface area (Å²) in [5.74, 6) is -3.66. The number of sulfonamides is 1. The van der Waals surface area contributed by atoms with Gasteiger partial charge in [0.25, 0.3) is 5.91 Å². The topological polar surface area (TPSA) is 66.5 Å². The molecule has 27 heavy (non-hydrogen) atoms. The number of halogens is 3. The molecule has 1 saturated carbocycles. The first kappa shape index (κ1) is 19.2. The predicted octanol–water partition coefficient (Wildman–Crippen LogP) is 3.67. The Bertz CT molecular complexity index is 991. The summed E-state index contributed by atoms with van der Waals surface area (Å²) in [6.45, 7) is 1.59. The minimum absolute atomic E-state index is 0.0134. The number of hydrogen-bond acceptors (Lipinski definition) is 3. The van der Waals surface area contributed by atoms with Gasteiger partial charge in [0.1, 0.15) is 5.82 Å². The van der Waals surface area contributed by atoms with E-state index in [1.807, 2.05) is 0 Å². The molecular weight excluding hydrogens is 381 g/mol. The number of nitrogens with zero attached hydrogens (tertiary/aromatic N) is 1. The van der Waals surface area contributed by atoms with E-state index in [2.05, 4.69) is 5.32 Å². The van der Waals surface area contributed by atoms with Crippen LogP contribution in [-0.4, -0.2) is 26.1 Å². The zero-order valence-corrected chi connectivity index (χ0v) is 15.2. The molecule has 5 nitrogen and oxygen atoms in total. The lowest BCUT2D eigenvalue weighted by atomic mass is 10.1. The summed E-state index contributed by atoms with van der Waals surface area (Å²) >= 11 is 0. The zero-order valence-electron chi connectivity index (χ0n) is 14.4. The van der Waals surface area contributed by atoms with Crippen molar-refractivity contribution in [3.63, 3.8) is 0 Å². The van der Waals surface area contributed by atoms with Crippen molar-refractivity contribution in [2.45, 2.75) is 25.0 Å². The van der Waals surface area contributed by atoms with Crippen LogP contribution in [0.1, 0.15) is 30.1 Å². The van der Waals surface area contributed by atoms with Gasteiger partial charge in [-0.15, -0.1) is 0 Å². The van der Waals surface area contributed by atoms with Crippen molar-refractivity contribution >= 4 is 27.3 Å². The van der Waals surface area contributed by atoms with Crippen LogP contribution >= 0.6 is 0 Å². The van der Waals surface area contributed by atoms with Crippen LogP contribution in [0.15, 0.2) is 36.4 Å². The molecule has 0 atom stereocenters. The summed E-state index contributed by atoms with van der Waals surface area (Å²) in [5.41, 5.74) is -0.217. The number of nitrogens with one attached hydrogen (secondary N) is 1. The molecule has 0 bridgehead atoms. The number of rotatable bonds is 6. The summed E-state index contributed by atoms with van der Waals surface area (Å²) in [7, 11) is -3.69. The van der Waals surface area contributed by atoms with Crippen LogP contribution in [0.5, 0.6) is 0 Å². The van der Waals surface area contributed by atoms with Gasteiger partial charge in [-0.3, -0.25) is 9.10 Å². The average Bonchev–Trinajstić information content (AvgIpc) is 3.46. The highest BCUT2D eigenvalue weighted by Gasteiger charge is 2.40. The van der Waals surface area contributed by atoms with Gasteiger partial charge in [0.2, 0.25) is 10.0 Å². The Kier molecular flexibility index (Phi) is 5.14. The highest BCUT2D eigenvalue weighted by atomic mass is 32.2. The first-order valence-electron chi connectivity index (χ1n) is 8.31. The van der Waals surface area contributed by atoms with Crippen LogP contribution in [0.2, 0.25) is 0 Å². The summed E-state index contributed by atoms with van der Waals surface area (Å²) in [6, 6.07) is 6.17. The number of hydrogen-bond donors (Lipinski definition) is 1. The standard InChI is InChI=1S/C18H17F3N2O3S/c1-2-23(27(25,26)13-5-6-13)17-9-11(3-7-15(17)20)18(24)22-12-4-8-14(19)16(21)10-12/h3-4,7-10,13H,2,5-6H2,1H3,(H,22,24). The van der Waals surface area contributed by atoms with Gasteiger partial charge < -0.3 is 5.32 Å². The molecule has 1 N–H and O–H groups in total. The van der Waals surface area contributed by atoms with Crippen molar-refractivity contribution in [1.82, 2.24) is 0 Å². The Balaban J connectivity index is 1.89. The van der Waals surface area contributed by atoms with Crippen molar-refractivity contribution in [3.05, 3.63) is 59.4 Å². The molecule has 0 aromatic heterocycles. The van der Waals surface area contributed by atoms with E-state index in [-0.39, 0.29) is 23.5 Å². The van der Waals surface area contributed by atoms with E-state index in [0.29, 0.717) is 12.8 Å². The molecule has 1 amide bonds. The maximum absolute atomic E-state index is 14.3. The number of amides is 1. The molecule has 0 radical (unpaired) electrons. The minimum Gasteiger partial charge on any atom is -0.322 e. The molecule has 0 saturated heterocycles. The molecule has 0 aliphatic heterocycles.